The molecule has 1 aromatic carbocycles. The third-order valence-corrected chi connectivity index (χ3v) is 9.61. The Labute approximate surface area is 260 Å². The maximum atomic E-state index is 12.4. The molecular weight excluding hydrogens is 562 g/mol. The average Bonchev–Trinajstić information content (AvgIpc) is 3.63. The molecule has 10 heteroatoms. The van der Waals surface area contributed by atoms with Crippen molar-refractivity contribution in [1.29, 1.82) is 0 Å². The van der Waals surface area contributed by atoms with Gasteiger partial charge < -0.3 is 29.7 Å². The van der Waals surface area contributed by atoms with Crippen LogP contribution in [0.2, 0.25) is 5.02 Å². The molecule has 2 aromatic heterocycles. The molecule has 5 heterocycles. The number of nitrogens with one attached hydrogen (secondary N) is 2. The first-order valence-corrected chi connectivity index (χ1v) is 16.4. The number of piperidine rings is 2. The van der Waals surface area contributed by atoms with Crippen molar-refractivity contribution in [1.82, 2.24) is 29.7 Å². The summed E-state index contributed by atoms with van der Waals surface area (Å²) in [6.07, 6.45) is 10.5. The Morgan fingerprint density at radius 3 is 2.60 bits per heavy atom. The number of hydrogen-bond donors (Lipinski definition) is 2. The summed E-state index contributed by atoms with van der Waals surface area (Å²) in [4.78, 5) is 32.2. The molecule has 1 amide bonds. The van der Waals surface area contributed by atoms with Gasteiger partial charge in [0.05, 0.1) is 16.9 Å². The van der Waals surface area contributed by atoms with Gasteiger partial charge in [0, 0.05) is 60.9 Å². The SMILES string of the molecule is CC(C)(C)OC(=O)N1CCC(N2CCC(CCN3CC[C@@H](Nc4ncc(Cl)c(-c5c[nH]c6ccccc56)n4)C3)CC2)CC1. The summed E-state index contributed by atoms with van der Waals surface area (Å²) >= 11 is 6.54. The van der Waals surface area contributed by atoms with Gasteiger partial charge >= 0.3 is 6.09 Å². The summed E-state index contributed by atoms with van der Waals surface area (Å²) in [6.45, 7) is 13.0. The fraction of sp³-hybridized carbons (Fsp3) is 0.606. The van der Waals surface area contributed by atoms with Gasteiger partial charge in [0.1, 0.15) is 5.60 Å². The van der Waals surface area contributed by atoms with Gasteiger partial charge in [-0.2, -0.15) is 0 Å². The van der Waals surface area contributed by atoms with Gasteiger partial charge in [0.25, 0.3) is 0 Å². The number of likely N-dealkylation sites (tertiary alicyclic amines) is 3. The van der Waals surface area contributed by atoms with Gasteiger partial charge in [-0.3, -0.25) is 0 Å². The van der Waals surface area contributed by atoms with E-state index in [0.29, 0.717) is 23.1 Å². The summed E-state index contributed by atoms with van der Waals surface area (Å²) < 4.78 is 5.57. The molecule has 0 bridgehead atoms. The molecule has 3 saturated heterocycles. The molecule has 2 N–H and O–H groups in total. The summed E-state index contributed by atoms with van der Waals surface area (Å²) in [6, 6.07) is 9.13. The number of para-hydroxylation sites is 1. The van der Waals surface area contributed by atoms with Crippen molar-refractivity contribution in [2.24, 2.45) is 5.92 Å². The summed E-state index contributed by atoms with van der Waals surface area (Å²) in [5.74, 6) is 1.43. The monoisotopic (exact) mass is 607 g/mol. The van der Waals surface area contributed by atoms with Crippen LogP contribution in [-0.4, -0.2) is 99.2 Å². The van der Waals surface area contributed by atoms with E-state index in [-0.39, 0.29) is 6.09 Å². The number of halogens is 1. The number of nitrogens with zero attached hydrogens (tertiary/aromatic N) is 5. The van der Waals surface area contributed by atoms with E-state index in [2.05, 4.69) is 37.2 Å². The zero-order valence-corrected chi connectivity index (χ0v) is 26.6. The third-order valence-electron chi connectivity index (χ3n) is 9.33. The summed E-state index contributed by atoms with van der Waals surface area (Å²) in [5.41, 5.74) is 2.39. The predicted molar refractivity (Wildman–Crippen MR) is 173 cm³/mol. The molecule has 43 heavy (non-hydrogen) atoms. The van der Waals surface area contributed by atoms with E-state index in [1.165, 1.54) is 32.4 Å². The minimum Gasteiger partial charge on any atom is -0.444 e. The highest BCUT2D eigenvalue weighted by atomic mass is 35.5. The minimum atomic E-state index is -0.434. The number of rotatable bonds is 7. The van der Waals surface area contributed by atoms with Crippen molar-refractivity contribution in [2.75, 3.05) is 51.1 Å². The quantitative estimate of drug-likeness (QED) is 0.327. The molecule has 9 nitrogen and oxygen atoms in total. The van der Waals surface area contributed by atoms with E-state index in [9.17, 15) is 4.79 Å². The Morgan fingerprint density at radius 1 is 1.07 bits per heavy atom. The van der Waals surface area contributed by atoms with E-state index in [1.807, 2.05) is 44.0 Å². The van der Waals surface area contributed by atoms with Gasteiger partial charge in [-0.15, -0.1) is 0 Å². The largest absolute Gasteiger partial charge is 0.444 e. The average molecular weight is 608 g/mol. The fourth-order valence-corrected chi connectivity index (χ4v) is 7.13. The number of aromatic amines is 1. The van der Waals surface area contributed by atoms with Crippen molar-refractivity contribution >= 4 is 34.5 Å². The molecule has 3 aromatic rings. The van der Waals surface area contributed by atoms with Crippen LogP contribution in [0.5, 0.6) is 0 Å². The van der Waals surface area contributed by atoms with Gasteiger partial charge in [0.2, 0.25) is 5.95 Å². The molecule has 0 unspecified atom stereocenters. The van der Waals surface area contributed by atoms with E-state index < -0.39 is 5.60 Å². The number of hydrogen-bond acceptors (Lipinski definition) is 7. The Balaban J connectivity index is 0.923. The maximum absolute atomic E-state index is 12.4. The van der Waals surface area contributed by atoms with Crippen LogP contribution in [0.1, 0.15) is 59.3 Å². The number of anilines is 1. The van der Waals surface area contributed by atoms with Crippen molar-refractivity contribution in [3.05, 3.63) is 41.7 Å². The normalized spacial score (nSPS) is 21.5. The van der Waals surface area contributed by atoms with Gasteiger partial charge in [-0.05, 0) is 90.9 Å². The first-order valence-electron chi connectivity index (χ1n) is 16.0. The zero-order valence-electron chi connectivity index (χ0n) is 25.8. The van der Waals surface area contributed by atoms with Gasteiger partial charge in [0.15, 0.2) is 0 Å². The number of H-pyrrole nitrogens is 1. The van der Waals surface area contributed by atoms with Crippen LogP contribution in [-0.2, 0) is 4.74 Å². The lowest BCUT2D eigenvalue weighted by Gasteiger charge is -2.42. The first kappa shape index (κ1) is 30.2. The molecule has 3 aliphatic rings. The third kappa shape index (κ3) is 7.44. The topological polar surface area (TPSA) is 89.6 Å². The van der Waals surface area contributed by atoms with Crippen molar-refractivity contribution in [2.45, 2.75) is 77.0 Å². The Morgan fingerprint density at radius 2 is 1.84 bits per heavy atom. The molecule has 3 fully saturated rings. The van der Waals surface area contributed by atoms with E-state index in [0.717, 1.165) is 80.1 Å². The smallest absolute Gasteiger partial charge is 0.410 e. The van der Waals surface area contributed by atoms with Gasteiger partial charge in [-0.25, -0.2) is 14.8 Å². The summed E-state index contributed by atoms with van der Waals surface area (Å²) in [5, 5.41) is 5.24. The number of aromatic nitrogens is 3. The number of amides is 1. The Kier molecular flexibility index (Phi) is 9.12. The van der Waals surface area contributed by atoms with Crippen LogP contribution in [0.3, 0.4) is 0 Å². The maximum Gasteiger partial charge on any atom is 0.410 e. The number of carbonyl (C=O) groups is 1. The zero-order chi connectivity index (χ0) is 30.0. The molecule has 232 valence electrons. The van der Waals surface area contributed by atoms with E-state index in [4.69, 9.17) is 21.3 Å². The van der Waals surface area contributed by atoms with E-state index in [1.54, 1.807) is 6.20 Å². The molecule has 0 aliphatic carbocycles. The lowest BCUT2D eigenvalue weighted by molar-refractivity contribution is 0.0116. The lowest BCUT2D eigenvalue weighted by Crippen LogP contribution is -2.49. The standard InChI is InChI=1S/C33H46ClN7O2/c1-33(2,3)43-32(42)41-18-12-25(13-19-41)40-16-9-23(10-17-40)8-14-39-15-11-24(22-39)37-31-36-21-28(34)30(38-31)27-20-35-29-7-5-4-6-26(27)29/h4-7,20-21,23-25,35H,8-19,22H2,1-3H3,(H,36,37,38)/t24-/m1/s1. The predicted octanol–water partition coefficient (Wildman–Crippen LogP) is 6.27. The number of benzene rings is 1. The summed E-state index contributed by atoms with van der Waals surface area (Å²) in [7, 11) is 0. The first-order chi connectivity index (χ1) is 20.7. The highest BCUT2D eigenvalue weighted by Gasteiger charge is 2.32. The van der Waals surface area contributed by atoms with Crippen LogP contribution < -0.4 is 5.32 Å². The molecule has 1 atom stereocenters. The Hall–Kier alpha value is -2.88. The molecule has 6 rings (SSSR count). The van der Waals surface area contributed by atoms with Crippen LogP contribution in [0.25, 0.3) is 22.2 Å². The molecular formula is C33H46ClN7O2. The fourth-order valence-electron chi connectivity index (χ4n) is 6.94. The number of fused-ring (bicyclic) bond motifs is 1. The molecule has 0 spiro atoms. The number of carbonyl (C=O) groups excluding carboxylic acids is 1. The van der Waals surface area contributed by atoms with Crippen LogP contribution >= 0.6 is 11.6 Å². The second-order valence-electron chi connectivity index (χ2n) is 13.5. The second kappa shape index (κ2) is 13.0. The van der Waals surface area contributed by atoms with Crippen molar-refractivity contribution < 1.29 is 9.53 Å². The molecule has 0 saturated carbocycles. The minimum absolute atomic E-state index is 0.167. The Bertz CT molecular complexity index is 1390. The highest BCUT2D eigenvalue weighted by molar-refractivity contribution is 6.33. The van der Waals surface area contributed by atoms with Gasteiger partial charge in [-0.1, -0.05) is 29.8 Å². The van der Waals surface area contributed by atoms with Crippen LogP contribution in [0.15, 0.2) is 36.7 Å². The lowest BCUT2D eigenvalue weighted by atomic mass is 9.91. The van der Waals surface area contributed by atoms with Crippen LogP contribution in [0, 0.1) is 5.92 Å². The van der Waals surface area contributed by atoms with Crippen LogP contribution in [0.4, 0.5) is 10.7 Å². The number of ether oxygens (including phenoxy) is 1. The highest BCUT2D eigenvalue weighted by Crippen LogP contribution is 2.33. The van der Waals surface area contributed by atoms with E-state index >= 15 is 0 Å². The molecule has 0 radical (unpaired) electrons. The van der Waals surface area contributed by atoms with Crippen molar-refractivity contribution in [3.8, 4) is 11.3 Å². The second-order valence-corrected chi connectivity index (χ2v) is 13.9. The molecule has 3 aliphatic heterocycles. The van der Waals surface area contributed by atoms with Crippen molar-refractivity contribution in [3.63, 3.8) is 0 Å².